The molecular weight excluding hydrogens is 168 g/mol. The Morgan fingerprint density at radius 3 is 2.92 bits per heavy atom. The predicted octanol–water partition coefficient (Wildman–Crippen LogP) is -0.459. The van der Waals surface area contributed by atoms with Crippen LogP contribution in [0.1, 0.15) is 6.42 Å². The number of hydrogen-bond donors (Lipinski definition) is 1. The number of nitrogens with zero attached hydrogens (tertiary/aromatic N) is 3. The molecule has 1 fully saturated rings. The van der Waals surface area contributed by atoms with Gasteiger partial charge in [0.2, 0.25) is 5.91 Å². The Kier molecular flexibility index (Phi) is 1.94. The van der Waals surface area contributed by atoms with Gasteiger partial charge in [0.1, 0.15) is 0 Å². The van der Waals surface area contributed by atoms with E-state index in [9.17, 15) is 4.79 Å². The van der Waals surface area contributed by atoms with E-state index < -0.39 is 0 Å². The van der Waals surface area contributed by atoms with Crippen molar-refractivity contribution in [2.75, 3.05) is 11.4 Å². The molecule has 5 nitrogen and oxygen atoms in total. The van der Waals surface area contributed by atoms with Crippen molar-refractivity contribution in [1.82, 2.24) is 10.2 Å². The van der Waals surface area contributed by atoms with Crippen LogP contribution in [0.5, 0.6) is 0 Å². The first-order chi connectivity index (χ1) is 6.27. The third-order valence-electron chi connectivity index (χ3n) is 2.04. The van der Waals surface area contributed by atoms with Gasteiger partial charge in [-0.05, 0) is 6.07 Å². The van der Waals surface area contributed by atoms with Crippen LogP contribution in [0.3, 0.4) is 0 Å². The van der Waals surface area contributed by atoms with Crippen LogP contribution in [0, 0.1) is 0 Å². The summed E-state index contributed by atoms with van der Waals surface area (Å²) in [6.07, 6.45) is 3.55. The molecule has 1 aliphatic rings. The molecule has 13 heavy (non-hydrogen) atoms. The van der Waals surface area contributed by atoms with E-state index in [2.05, 4.69) is 10.2 Å². The van der Waals surface area contributed by atoms with Gasteiger partial charge < -0.3 is 10.6 Å². The molecule has 0 aromatic carbocycles. The van der Waals surface area contributed by atoms with Crippen LogP contribution in [0.4, 0.5) is 5.69 Å². The zero-order valence-electron chi connectivity index (χ0n) is 7.05. The molecule has 1 atom stereocenters. The van der Waals surface area contributed by atoms with Gasteiger partial charge in [0.25, 0.3) is 0 Å². The molecule has 1 unspecified atom stereocenters. The van der Waals surface area contributed by atoms with Crippen LogP contribution in [-0.2, 0) is 4.79 Å². The van der Waals surface area contributed by atoms with E-state index in [4.69, 9.17) is 5.73 Å². The van der Waals surface area contributed by atoms with Crippen molar-refractivity contribution in [1.29, 1.82) is 0 Å². The molecule has 1 aromatic rings. The Balaban J connectivity index is 2.23. The summed E-state index contributed by atoms with van der Waals surface area (Å²) in [6.45, 7) is 0.574. The Morgan fingerprint density at radius 1 is 1.54 bits per heavy atom. The molecular formula is C8H10N4O. The van der Waals surface area contributed by atoms with Gasteiger partial charge in [0.05, 0.1) is 18.1 Å². The molecule has 1 aromatic heterocycles. The van der Waals surface area contributed by atoms with Crippen LogP contribution in [0.2, 0.25) is 0 Å². The minimum Gasteiger partial charge on any atom is -0.326 e. The second kappa shape index (κ2) is 3.10. The van der Waals surface area contributed by atoms with Gasteiger partial charge in [-0.3, -0.25) is 4.79 Å². The minimum atomic E-state index is -0.0549. The van der Waals surface area contributed by atoms with Crippen LogP contribution >= 0.6 is 0 Å². The molecule has 1 aliphatic heterocycles. The summed E-state index contributed by atoms with van der Waals surface area (Å²) in [5.74, 6) is 0.0560. The van der Waals surface area contributed by atoms with Crippen molar-refractivity contribution in [2.24, 2.45) is 5.73 Å². The van der Waals surface area contributed by atoms with Crippen molar-refractivity contribution in [3.8, 4) is 0 Å². The molecule has 2 N–H and O–H groups in total. The van der Waals surface area contributed by atoms with E-state index in [-0.39, 0.29) is 11.9 Å². The summed E-state index contributed by atoms with van der Waals surface area (Å²) < 4.78 is 0. The van der Waals surface area contributed by atoms with Gasteiger partial charge in [0, 0.05) is 19.0 Å². The highest BCUT2D eigenvalue weighted by atomic mass is 16.2. The van der Waals surface area contributed by atoms with E-state index in [0.717, 1.165) is 5.69 Å². The van der Waals surface area contributed by atoms with Crippen LogP contribution in [-0.4, -0.2) is 28.7 Å². The molecule has 1 amide bonds. The first-order valence-corrected chi connectivity index (χ1v) is 4.10. The van der Waals surface area contributed by atoms with Crippen LogP contribution in [0.25, 0.3) is 0 Å². The number of carbonyl (C=O) groups is 1. The normalized spacial score (nSPS) is 22.4. The number of aromatic nitrogens is 2. The van der Waals surface area contributed by atoms with E-state index >= 15 is 0 Å². The molecule has 5 heteroatoms. The fourth-order valence-corrected chi connectivity index (χ4v) is 1.43. The molecule has 0 aliphatic carbocycles. The predicted molar refractivity (Wildman–Crippen MR) is 47.0 cm³/mol. The third-order valence-corrected chi connectivity index (χ3v) is 2.04. The summed E-state index contributed by atoms with van der Waals surface area (Å²) in [7, 11) is 0. The molecule has 1 saturated heterocycles. The number of hydrogen-bond acceptors (Lipinski definition) is 4. The first kappa shape index (κ1) is 8.12. The smallest absolute Gasteiger partial charge is 0.228 e. The average Bonchev–Trinajstić information content (AvgIpc) is 2.47. The quantitative estimate of drug-likeness (QED) is 0.631. The van der Waals surface area contributed by atoms with Gasteiger partial charge in [-0.2, -0.15) is 10.2 Å². The number of amides is 1. The molecule has 0 spiro atoms. The monoisotopic (exact) mass is 178 g/mol. The Morgan fingerprint density at radius 2 is 2.38 bits per heavy atom. The number of nitrogens with two attached hydrogens (primary N) is 1. The summed E-state index contributed by atoms with van der Waals surface area (Å²) in [4.78, 5) is 13.0. The second-order valence-corrected chi connectivity index (χ2v) is 3.07. The van der Waals surface area contributed by atoms with Crippen molar-refractivity contribution in [2.45, 2.75) is 12.5 Å². The van der Waals surface area contributed by atoms with Crippen molar-refractivity contribution < 1.29 is 4.79 Å². The number of carbonyl (C=O) groups excluding carboxylic acids is 1. The van der Waals surface area contributed by atoms with E-state index in [1.165, 1.54) is 0 Å². The summed E-state index contributed by atoms with van der Waals surface area (Å²) in [5, 5.41) is 7.35. The van der Waals surface area contributed by atoms with Gasteiger partial charge in [0.15, 0.2) is 0 Å². The second-order valence-electron chi connectivity index (χ2n) is 3.07. The highest BCUT2D eigenvalue weighted by Crippen LogP contribution is 2.18. The standard InChI is InChI=1S/C8H10N4O/c9-6-3-8(13)12(5-6)7-1-2-10-11-4-7/h1-2,4,6H,3,5,9H2. The van der Waals surface area contributed by atoms with Gasteiger partial charge >= 0.3 is 0 Å². The van der Waals surface area contributed by atoms with E-state index in [1.807, 2.05) is 0 Å². The fourth-order valence-electron chi connectivity index (χ4n) is 1.43. The zero-order valence-corrected chi connectivity index (χ0v) is 7.05. The Labute approximate surface area is 75.6 Å². The highest BCUT2D eigenvalue weighted by molar-refractivity contribution is 5.95. The van der Waals surface area contributed by atoms with E-state index in [0.29, 0.717) is 13.0 Å². The van der Waals surface area contributed by atoms with Crippen molar-refractivity contribution in [3.05, 3.63) is 18.5 Å². The Bertz CT molecular complexity index is 313. The summed E-state index contributed by atoms with van der Waals surface area (Å²) in [5.41, 5.74) is 6.43. The van der Waals surface area contributed by atoms with Crippen molar-refractivity contribution in [3.63, 3.8) is 0 Å². The van der Waals surface area contributed by atoms with Crippen LogP contribution < -0.4 is 10.6 Å². The lowest BCUT2D eigenvalue weighted by Gasteiger charge is -2.14. The van der Waals surface area contributed by atoms with Gasteiger partial charge in [-0.25, -0.2) is 0 Å². The van der Waals surface area contributed by atoms with Crippen LogP contribution in [0.15, 0.2) is 18.5 Å². The van der Waals surface area contributed by atoms with Crippen molar-refractivity contribution >= 4 is 11.6 Å². The maximum atomic E-state index is 11.4. The highest BCUT2D eigenvalue weighted by Gasteiger charge is 2.27. The first-order valence-electron chi connectivity index (χ1n) is 4.10. The third kappa shape index (κ3) is 1.50. The fraction of sp³-hybridized carbons (Fsp3) is 0.375. The molecule has 2 rings (SSSR count). The minimum absolute atomic E-state index is 0.0549. The lowest BCUT2D eigenvalue weighted by atomic mass is 10.3. The molecule has 0 bridgehead atoms. The summed E-state index contributed by atoms with van der Waals surface area (Å²) in [6, 6.07) is 1.70. The lowest BCUT2D eigenvalue weighted by molar-refractivity contribution is -0.117. The number of anilines is 1. The molecule has 0 saturated carbocycles. The number of rotatable bonds is 1. The van der Waals surface area contributed by atoms with Gasteiger partial charge in [-0.1, -0.05) is 0 Å². The maximum absolute atomic E-state index is 11.4. The molecule has 68 valence electrons. The average molecular weight is 178 g/mol. The topological polar surface area (TPSA) is 72.1 Å². The van der Waals surface area contributed by atoms with E-state index in [1.54, 1.807) is 23.4 Å². The van der Waals surface area contributed by atoms with Gasteiger partial charge in [-0.15, -0.1) is 0 Å². The lowest BCUT2D eigenvalue weighted by Crippen LogP contribution is -2.28. The Hall–Kier alpha value is -1.49. The molecule has 0 radical (unpaired) electrons. The SMILES string of the molecule is NC1CC(=O)N(c2ccnnc2)C1. The largest absolute Gasteiger partial charge is 0.326 e. The molecule has 2 heterocycles. The zero-order chi connectivity index (χ0) is 9.26. The summed E-state index contributed by atoms with van der Waals surface area (Å²) >= 11 is 0. The maximum Gasteiger partial charge on any atom is 0.228 e.